The van der Waals surface area contributed by atoms with Crippen LogP contribution in [0.5, 0.6) is 0 Å². The van der Waals surface area contributed by atoms with Gasteiger partial charge in [-0.15, -0.1) is 0 Å². The predicted molar refractivity (Wildman–Crippen MR) is 90.9 cm³/mol. The van der Waals surface area contributed by atoms with E-state index >= 15 is 0 Å². The molecule has 0 saturated heterocycles. The minimum atomic E-state index is -0.380. The van der Waals surface area contributed by atoms with Crippen molar-refractivity contribution in [3.05, 3.63) is 64.7 Å². The first kappa shape index (κ1) is 16.7. The molecule has 0 saturated carbocycles. The number of hydrogen-bond donors (Lipinski definition) is 1. The minimum absolute atomic E-state index is 0.202. The molecule has 120 valence electrons. The second-order valence-electron chi connectivity index (χ2n) is 5.47. The first-order chi connectivity index (χ1) is 11.0. The van der Waals surface area contributed by atoms with Gasteiger partial charge in [0.2, 0.25) is 0 Å². The van der Waals surface area contributed by atoms with Gasteiger partial charge in [-0.05, 0) is 61.7 Å². The lowest BCUT2D eigenvalue weighted by Crippen LogP contribution is -2.13. The Kier molecular flexibility index (Phi) is 5.52. The van der Waals surface area contributed by atoms with E-state index in [4.69, 9.17) is 4.74 Å². The number of ether oxygens (including phenoxy) is 1. The summed E-state index contributed by atoms with van der Waals surface area (Å²) >= 11 is 0. The predicted octanol–water partition coefficient (Wildman–Crippen LogP) is 4.12. The molecule has 0 unspecified atom stereocenters. The first-order valence-electron chi connectivity index (χ1n) is 7.67. The van der Waals surface area contributed by atoms with Crippen molar-refractivity contribution in [2.45, 2.75) is 27.2 Å². The molecule has 0 aromatic heterocycles. The Balaban J connectivity index is 2.12. The summed E-state index contributed by atoms with van der Waals surface area (Å²) < 4.78 is 5.10. The third-order valence-electron chi connectivity index (χ3n) is 3.56. The number of anilines is 1. The molecule has 2 aromatic carbocycles. The van der Waals surface area contributed by atoms with Crippen LogP contribution in [0.2, 0.25) is 0 Å². The van der Waals surface area contributed by atoms with Crippen molar-refractivity contribution in [2.24, 2.45) is 0 Å². The van der Waals surface area contributed by atoms with E-state index in [2.05, 4.69) is 5.32 Å². The first-order valence-corrected chi connectivity index (χ1v) is 7.67. The molecule has 1 amide bonds. The SMILES string of the molecule is CCCOC(=O)c1cccc(NC(=O)c2ccc(C)c(C)c2)c1. The van der Waals surface area contributed by atoms with Crippen molar-refractivity contribution in [3.8, 4) is 0 Å². The third kappa shape index (κ3) is 4.42. The lowest BCUT2D eigenvalue weighted by molar-refractivity contribution is 0.0505. The smallest absolute Gasteiger partial charge is 0.338 e. The Bertz CT molecular complexity index is 722. The average Bonchev–Trinajstić information content (AvgIpc) is 2.55. The van der Waals surface area contributed by atoms with Crippen LogP contribution in [-0.4, -0.2) is 18.5 Å². The number of benzene rings is 2. The molecule has 4 nitrogen and oxygen atoms in total. The molecule has 0 aliphatic heterocycles. The van der Waals surface area contributed by atoms with Gasteiger partial charge in [0.25, 0.3) is 5.91 Å². The maximum absolute atomic E-state index is 12.3. The highest BCUT2D eigenvalue weighted by molar-refractivity contribution is 6.05. The molecule has 2 aromatic rings. The number of carbonyl (C=O) groups is 2. The fourth-order valence-corrected chi connectivity index (χ4v) is 2.09. The minimum Gasteiger partial charge on any atom is -0.462 e. The zero-order valence-corrected chi connectivity index (χ0v) is 13.7. The summed E-state index contributed by atoms with van der Waals surface area (Å²) in [5.41, 5.74) is 3.79. The molecule has 0 heterocycles. The lowest BCUT2D eigenvalue weighted by atomic mass is 10.1. The monoisotopic (exact) mass is 311 g/mol. The van der Waals surface area contributed by atoms with Gasteiger partial charge in [-0.3, -0.25) is 4.79 Å². The fourth-order valence-electron chi connectivity index (χ4n) is 2.09. The summed E-state index contributed by atoms with van der Waals surface area (Å²) in [5, 5.41) is 2.81. The van der Waals surface area contributed by atoms with Crippen LogP contribution in [0, 0.1) is 13.8 Å². The van der Waals surface area contributed by atoms with Gasteiger partial charge in [-0.25, -0.2) is 4.79 Å². The summed E-state index contributed by atoms with van der Waals surface area (Å²) in [6.45, 7) is 6.30. The average molecular weight is 311 g/mol. The number of hydrogen-bond acceptors (Lipinski definition) is 3. The summed E-state index contributed by atoms with van der Waals surface area (Å²) in [6.07, 6.45) is 0.773. The molecule has 23 heavy (non-hydrogen) atoms. The van der Waals surface area contributed by atoms with Gasteiger partial charge in [0.15, 0.2) is 0 Å². The number of esters is 1. The number of carbonyl (C=O) groups excluding carboxylic acids is 2. The highest BCUT2D eigenvalue weighted by Gasteiger charge is 2.10. The van der Waals surface area contributed by atoms with Gasteiger partial charge in [0, 0.05) is 11.3 Å². The second-order valence-corrected chi connectivity index (χ2v) is 5.47. The Morgan fingerprint density at radius 1 is 1.00 bits per heavy atom. The van der Waals surface area contributed by atoms with E-state index in [0.717, 1.165) is 17.5 Å². The zero-order chi connectivity index (χ0) is 16.8. The molecule has 1 N–H and O–H groups in total. The Morgan fingerprint density at radius 3 is 2.48 bits per heavy atom. The number of aryl methyl sites for hydroxylation is 2. The Hall–Kier alpha value is -2.62. The van der Waals surface area contributed by atoms with E-state index in [1.807, 2.05) is 32.9 Å². The molecular formula is C19H21NO3. The quantitative estimate of drug-likeness (QED) is 0.845. The lowest BCUT2D eigenvalue weighted by Gasteiger charge is -2.09. The highest BCUT2D eigenvalue weighted by Crippen LogP contribution is 2.15. The maximum atomic E-state index is 12.3. The molecule has 0 spiro atoms. The molecule has 0 bridgehead atoms. The maximum Gasteiger partial charge on any atom is 0.338 e. The summed E-state index contributed by atoms with van der Waals surface area (Å²) in [6, 6.07) is 12.3. The summed E-state index contributed by atoms with van der Waals surface area (Å²) in [5.74, 6) is -0.582. The van der Waals surface area contributed by atoms with E-state index in [9.17, 15) is 9.59 Å². The van der Waals surface area contributed by atoms with E-state index in [-0.39, 0.29) is 11.9 Å². The van der Waals surface area contributed by atoms with Gasteiger partial charge in [0.1, 0.15) is 0 Å². The molecule has 4 heteroatoms. The highest BCUT2D eigenvalue weighted by atomic mass is 16.5. The van der Waals surface area contributed by atoms with Crippen molar-refractivity contribution in [1.82, 2.24) is 0 Å². The van der Waals surface area contributed by atoms with Crippen molar-refractivity contribution in [3.63, 3.8) is 0 Å². The topological polar surface area (TPSA) is 55.4 Å². The molecule has 0 aliphatic carbocycles. The van der Waals surface area contributed by atoms with E-state index in [1.54, 1.807) is 30.3 Å². The second kappa shape index (κ2) is 7.58. The van der Waals surface area contributed by atoms with Gasteiger partial charge in [0.05, 0.1) is 12.2 Å². The van der Waals surface area contributed by atoms with Crippen LogP contribution >= 0.6 is 0 Å². The fraction of sp³-hybridized carbons (Fsp3) is 0.263. The molecule has 2 rings (SSSR count). The van der Waals surface area contributed by atoms with E-state index in [0.29, 0.717) is 23.4 Å². The van der Waals surface area contributed by atoms with Crippen LogP contribution in [0.3, 0.4) is 0 Å². The standard InChI is InChI=1S/C19H21NO3/c1-4-10-23-19(22)16-6-5-7-17(12-16)20-18(21)15-9-8-13(2)14(3)11-15/h5-9,11-12H,4,10H2,1-3H3,(H,20,21). The van der Waals surface area contributed by atoms with Crippen LogP contribution in [0.1, 0.15) is 45.2 Å². The molecule has 0 radical (unpaired) electrons. The largest absolute Gasteiger partial charge is 0.462 e. The van der Waals surface area contributed by atoms with Crippen molar-refractivity contribution in [2.75, 3.05) is 11.9 Å². The molecular weight excluding hydrogens is 290 g/mol. The number of amides is 1. The zero-order valence-electron chi connectivity index (χ0n) is 13.7. The molecule has 0 aliphatic rings. The van der Waals surface area contributed by atoms with Crippen LogP contribution in [0.25, 0.3) is 0 Å². The molecule has 0 fully saturated rings. The van der Waals surface area contributed by atoms with Crippen molar-refractivity contribution in [1.29, 1.82) is 0 Å². The third-order valence-corrected chi connectivity index (χ3v) is 3.56. The van der Waals surface area contributed by atoms with Gasteiger partial charge in [-0.1, -0.05) is 19.1 Å². The van der Waals surface area contributed by atoms with Crippen molar-refractivity contribution < 1.29 is 14.3 Å². The Labute approximate surface area is 136 Å². The van der Waals surface area contributed by atoms with E-state index < -0.39 is 0 Å². The number of rotatable bonds is 5. The van der Waals surface area contributed by atoms with Crippen molar-refractivity contribution >= 4 is 17.6 Å². The summed E-state index contributed by atoms with van der Waals surface area (Å²) in [4.78, 5) is 24.2. The van der Waals surface area contributed by atoms with Gasteiger partial charge < -0.3 is 10.1 Å². The van der Waals surface area contributed by atoms with E-state index in [1.165, 1.54) is 0 Å². The summed E-state index contributed by atoms with van der Waals surface area (Å²) in [7, 11) is 0. The normalized spacial score (nSPS) is 10.2. The van der Waals surface area contributed by atoms with Gasteiger partial charge in [-0.2, -0.15) is 0 Å². The van der Waals surface area contributed by atoms with Crippen LogP contribution in [0.4, 0.5) is 5.69 Å². The van der Waals surface area contributed by atoms with Gasteiger partial charge >= 0.3 is 5.97 Å². The van der Waals surface area contributed by atoms with Crippen LogP contribution in [-0.2, 0) is 4.74 Å². The van der Waals surface area contributed by atoms with Crippen LogP contribution in [0.15, 0.2) is 42.5 Å². The number of nitrogens with one attached hydrogen (secondary N) is 1. The molecule has 0 atom stereocenters. The Morgan fingerprint density at radius 2 is 1.78 bits per heavy atom. The van der Waals surface area contributed by atoms with Crippen LogP contribution < -0.4 is 5.32 Å².